The van der Waals surface area contributed by atoms with Gasteiger partial charge < -0.3 is 0 Å². The highest BCUT2D eigenvalue weighted by Gasteiger charge is 2.65. The Labute approximate surface area is 146 Å². The number of benzene rings is 1. The molecule has 3 aliphatic rings. The van der Waals surface area contributed by atoms with E-state index in [0.29, 0.717) is 17.5 Å². The van der Waals surface area contributed by atoms with Crippen LogP contribution in [0.4, 0.5) is 19.4 Å². The smallest absolute Gasteiger partial charge is 0.0936 e. The van der Waals surface area contributed by atoms with Crippen molar-refractivity contribution in [3.63, 3.8) is 0 Å². The Kier molecular flexibility index (Phi) is 4.08. The molecule has 0 heterocycles. The van der Waals surface area contributed by atoms with Gasteiger partial charge in [0.15, 0.2) is 0 Å². The van der Waals surface area contributed by atoms with Gasteiger partial charge in [-0.2, -0.15) is 0 Å². The molecule has 2 bridgehead atoms. The first-order valence-electron chi connectivity index (χ1n) is 9.23. The molecule has 0 amide bonds. The summed E-state index contributed by atoms with van der Waals surface area (Å²) in [5.41, 5.74) is 1.11. The Morgan fingerprint density at radius 3 is 1.76 bits per heavy atom. The van der Waals surface area contributed by atoms with Crippen LogP contribution in [0.25, 0.3) is 0 Å². The first-order valence-corrected chi connectivity index (χ1v) is 11.2. The number of unbranched alkanes of at least 4 members (excludes halogenated alkanes) is 2. The monoisotopic (exact) mass is 382 g/mol. The quantitative estimate of drug-likeness (QED) is 0.342. The Morgan fingerprint density at radius 1 is 0.800 bits per heavy atom. The van der Waals surface area contributed by atoms with Crippen LogP contribution in [0.2, 0.25) is 0 Å². The third-order valence-electron chi connectivity index (χ3n) is 6.62. The largest absolute Gasteiger partial charge is 0.310 e. The molecule has 3 aliphatic carbocycles. The second-order valence-electron chi connectivity index (χ2n) is 8.23. The van der Waals surface area contributed by atoms with E-state index in [2.05, 4.69) is 6.92 Å². The Morgan fingerprint density at radius 2 is 1.32 bits per heavy atom. The molecule has 0 N–H and O–H groups in total. The van der Waals surface area contributed by atoms with Gasteiger partial charge in [0.1, 0.15) is 4.90 Å². The molecule has 0 radical (unpaired) electrons. The summed E-state index contributed by atoms with van der Waals surface area (Å²) in [6.45, 7) is 2.20. The number of fused-ring (bicyclic) bond motifs is 3. The van der Waals surface area contributed by atoms with E-state index < -0.39 is 15.1 Å². The van der Waals surface area contributed by atoms with Gasteiger partial charge in [-0.05, 0) is 73.5 Å². The van der Waals surface area contributed by atoms with Crippen LogP contribution in [-0.4, -0.2) is 0 Å². The molecule has 1 aromatic carbocycles. The minimum absolute atomic E-state index is 0.108. The molecule has 1 aromatic rings. The zero-order valence-electron chi connectivity index (χ0n) is 14.7. The Hall–Kier alpha value is -0.780. The minimum atomic E-state index is -9.57. The molecular formula is C19H27F5S. The second-order valence-corrected chi connectivity index (χ2v) is 10.6. The molecule has 0 aromatic heterocycles. The fraction of sp³-hybridized carbons (Fsp3) is 0.684. The van der Waals surface area contributed by atoms with Gasteiger partial charge in [0.2, 0.25) is 0 Å². The average Bonchev–Trinajstić information content (AvgIpc) is 2.55. The fourth-order valence-electron chi connectivity index (χ4n) is 4.89. The van der Waals surface area contributed by atoms with Gasteiger partial charge in [-0.1, -0.05) is 57.7 Å². The molecule has 0 nitrogen and oxygen atoms in total. The number of halogens is 5. The summed E-state index contributed by atoms with van der Waals surface area (Å²) in [6, 6.07) is 3.76. The van der Waals surface area contributed by atoms with Crippen LogP contribution in [0.1, 0.15) is 76.7 Å². The minimum Gasteiger partial charge on any atom is -0.0936 e. The molecule has 0 spiro atoms. The van der Waals surface area contributed by atoms with Crippen molar-refractivity contribution in [2.24, 2.45) is 5.41 Å². The van der Waals surface area contributed by atoms with Crippen LogP contribution in [0.15, 0.2) is 29.2 Å². The van der Waals surface area contributed by atoms with E-state index in [9.17, 15) is 19.4 Å². The van der Waals surface area contributed by atoms with Crippen LogP contribution in [0.5, 0.6) is 0 Å². The van der Waals surface area contributed by atoms with E-state index in [1.165, 1.54) is 37.8 Å². The summed E-state index contributed by atoms with van der Waals surface area (Å²) in [6.07, 6.45) is 11.2. The Bertz CT molecular complexity index is 608. The molecule has 25 heavy (non-hydrogen) atoms. The summed E-state index contributed by atoms with van der Waals surface area (Å²) >= 11 is 0. The maximum Gasteiger partial charge on any atom is 0.310 e. The van der Waals surface area contributed by atoms with Gasteiger partial charge in [-0.25, -0.2) is 0 Å². The zero-order valence-corrected chi connectivity index (χ0v) is 15.5. The van der Waals surface area contributed by atoms with Crippen molar-refractivity contribution in [2.75, 3.05) is 0 Å². The third-order valence-corrected chi connectivity index (χ3v) is 7.79. The van der Waals surface area contributed by atoms with Crippen LogP contribution in [-0.2, 0) is 5.41 Å². The van der Waals surface area contributed by atoms with E-state index in [-0.39, 0.29) is 5.41 Å². The third kappa shape index (κ3) is 3.83. The van der Waals surface area contributed by atoms with Gasteiger partial charge in [0.05, 0.1) is 0 Å². The lowest BCUT2D eigenvalue weighted by Gasteiger charge is -2.54. The molecular weight excluding hydrogens is 355 g/mol. The van der Waals surface area contributed by atoms with Crippen molar-refractivity contribution >= 4 is 10.2 Å². The first kappa shape index (κ1) is 19.0. The number of hydrogen-bond acceptors (Lipinski definition) is 0. The summed E-state index contributed by atoms with van der Waals surface area (Å²) in [7, 11) is -9.57. The summed E-state index contributed by atoms with van der Waals surface area (Å²) < 4.78 is 64.5. The molecule has 144 valence electrons. The maximum atomic E-state index is 12.9. The molecule has 0 aliphatic heterocycles. The highest BCUT2D eigenvalue weighted by molar-refractivity contribution is 8.45. The predicted octanol–water partition coefficient (Wildman–Crippen LogP) is 8.52. The van der Waals surface area contributed by atoms with Gasteiger partial charge in [-0.3, -0.25) is 0 Å². The van der Waals surface area contributed by atoms with Gasteiger partial charge in [0.25, 0.3) is 0 Å². The van der Waals surface area contributed by atoms with Crippen molar-refractivity contribution in [2.45, 2.75) is 81.4 Å². The first-order chi connectivity index (χ1) is 11.4. The molecule has 0 unspecified atom stereocenters. The number of rotatable bonds is 6. The van der Waals surface area contributed by atoms with Crippen LogP contribution in [0, 0.1) is 5.41 Å². The van der Waals surface area contributed by atoms with Gasteiger partial charge >= 0.3 is 10.2 Å². The summed E-state index contributed by atoms with van der Waals surface area (Å²) in [5, 5.41) is 0. The molecule has 3 fully saturated rings. The fourth-order valence-corrected chi connectivity index (χ4v) is 5.54. The van der Waals surface area contributed by atoms with Gasteiger partial charge in [0, 0.05) is 0 Å². The average molecular weight is 382 g/mol. The maximum absolute atomic E-state index is 12.9. The van der Waals surface area contributed by atoms with Crippen molar-refractivity contribution in [3.8, 4) is 0 Å². The van der Waals surface area contributed by atoms with Crippen LogP contribution >= 0.6 is 10.2 Å². The summed E-state index contributed by atoms with van der Waals surface area (Å²) in [5.74, 6) is 0. The van der Waals surface area contributed by atoms with Crippen molar-refractivity contribution in [3.05, 3.63) is 29.8 Å². The Balaban J connectivity index is 1.75. The van der Waals surface area contributed by atoms with Crippen molar-refractivity contribution in [1.82, 2.24) is 0 Å². The van der Waals surface area contributed by atoms with E-state index in [4.69, 9.17) is 0 Å². The lowest BCUT2D eigenvalue weighted by Crippen LogP contribution is -2.44. The molecule has 6 heteroatoms. The van der Waals surface area contributed by atoms with E-state index in [1.807, 2.05) is 0 Å². The SMILES string of the molecule is CCCCCC12CCC(c3ccc(S(F)(F)(F)(F)F)cc3)(CC1)CC2. The van der Waals surface area contributed by atoms with Crippen LogP contribution in [0.3, 0.4) is 0 Å². The normalized spacial score (nSPS) is 32.2. The molecule has 0 saturated heterocycles. The van der Waals surface area contributed by atoms with Crippen LogP contribution < -0.4 is 0 Å². The van der Waals surface area contributed by atoms with Crippen molar-refractivity contribution in [1.29, 1.82) is 0 Å². The molecule has 3 saturated carbocycles. The summed E-state index contributed by atoms with van der Waals surface area (Å²) in [4.78, 5) is -1.78. The topological polar surface area (TPSA) is 0 Å². The predicted molar refractivity (Wildman–Crippen MR) is 93.8 cm³/mol. The van der Waals surface area contributed by atoms with E-state index >= 15 is 0 Å². The zero-order chi connectivity index (χ0) is 18.5. The standard InChI is InChI=1S/C19H27F5S/c1-2-3-4-9-18-10-13-19(14-11-18,15-12-18)16-5-7-17(8-6-16)25(20,21,22,23)24/h5-8H,2-4,9-15H2,1H3. The lowest BCUT2D eigenvalue weighted by atomic mass is 9.51. The molecule has 0 atom stereocenters. The van der Waals surface area contributed by atoms with E-state index in [0.717, 1.165) is 44.1 Å². The van der Waals surface area contributed by atoms with Gasteiger partial charge in [-0.15, -0.1) is 0 Å². The lowest BCUT2D eigenvalue weighted by molar-refractivity contribution is 0.0305. The van der Waals surface area contributed by atoms with Crippen molar-refractivity contribution < 1.29 is 19.4 Å². The highest BCUT2D eigenvalue weighted by atomic mass is 32.5. The highest BCUT2D eigenvalue weighted by Crippen LogP contribution is 3.02. The molecule has 4 rings (SSSR count). The number of hydrogen-bond donors (Lipinski definition) is 0. The second kappa shape index (κ2) is 5.37. The van der Waals surface area contributed by atoms with E-state index in [1.54, 1.807) is 0 Å².